The second kappa shape index (κ2) is 7.56. The Hall–Kier alpha value is -2.99. The zero-order valence-electron chi connectivity index (χ0n) is 15.9. The summed E-state index contributed by atoms with van der Waals surface area (Å²) in [5.74, 6) is -0.506. The van der Waals surface area contributed by atoms with Gasteiger partial charge in [-0.2, -0.15) is 5.10 Å². The van der Waals surface area contributed by atoms with Crippen molar-refractivity contribution in [2.45, 2.75) is 26.1 Å². The van der Waals surface area contributed by atoms with E-state index in [9.17, 15) is 9.18 Å². The maximum absolute atomic E-state index is 14.3. The third-order valence-corrected chi connectivity index (χ3v) is 4.79. The Bertz CT molecular complexity index is 976. The van der Waals surface area contributed by atoms with E-state index in [4.69, 9.17) is 4.74 Å². The van der Waals surface area contributed by atoms with Gasteiger partial charge in [0.05, 0.1) is 23.6 Å². The molecular weight excluding hydrogens is 357 g/mol. The number of para-hydroxylation sites is 1. The Morgan fingerprint density at radius 1 is 1.04 bits per heavy atom. The van der Waals surface area contributed by atoms with E-state index in [0.717, 1.165) is 5.69 Å². The second-order valence-corrected chi connectivity index (χ2v) is 7.11. The van der Waals surface area contributed by atoms with Gasteiger partial charge in [-0.15, -0.1) is 0 Å². The highest BCUT2D eigenvalue weighted by molar-refractivity contribution is 5.94. The number of ether oxygens (including phenoxy) is 1. The van der Waals surface area contributed by atoms with E-state index in [1.165, 1.54) is 6.07 Å². The predicted molar refractivity (Wildman–Crippen MR) is 105 cm³/mol. The number of benzene rings is 2. The molecule has 2 aromatic carbocycles. The third-order valence-electron chi connectivity index (χ3n) is 4.79. The molecule has 0 radical (unpaired) electrons. The fraction of sp³-hybridized carbons (Fsp3) is 0.273. The Morgan fingerprint density at radius 3 is 2.36 bits per heavy atom. The largest absolute Gasteiger partial charge is 0.372 e. The first-order valence-electron chi connectivity index (χ1n) is 9.38. The Balaban J connectivity index is 1.79. The van der Waals surface area contributed by atoms with E-state index in [0.29, 0.717) is 30.0 Å². The van der Waals surface area contributed by atoms with Crippen LogP contribution in [0.15, 0.2) is 60.7 Å². The maximum Gasteiger partial charge on any atom is 0.272 e. The molecule has 28 heavy (non-hydrogen) atoms. The summed E-state index contributed by atoms with van der Waals surface area (Å²) in [7, 11) is 0. The Labute approximate surface area is 163 Å². The second-order valence-electron chi connectivity index (χ2n) is 7.11. The summed E-state index contributed by atoms with van der Waals surface area (Å²) in [6, 6.07) is 17.5. The quantitative estimate of drug-likeness (QED) is 0.693. The lowest BCUT2D eigenvalue weighted by molar-refractivity contribution is -0.0588. The van der Waals surface area contributed by atoms with Gasteiger partial charge in [0.2, 0.25) is 0 Å². The highest BCUT2D eigenvalue weighted by Gasteiger charge is 2.29. The number of nitrogens with zero attached hydrogens (tertiary/aromatic N) is 3. The molecule has 1 aliphatic heterocycles. The number of hydrogen-bond donors (Lipinski definition) is 0. The van der Waals surface area contributed by atoms with Gasteiger partial charge in [-0.3, -0.25) is 4.79 Å². The van der Waals surface area contributed by atoms with Gasteiger partial charge in [-0.25, -0.2) is 9.07 Å². The normalized spacial score (nSPS) is 19.6. The minimum atomic E-state index is -0.368. The van der Waals surface area contributed by atoms with Crippen molar-refractivity contribution in [2.75, 3.05) is 13.1 Å². The van der Waals surface area contributed by atoms with Crippen molar-refractivity contribution >= 4 is 5.91 Å². The average Bonchev–Trinajstić information content (AvgIpc) is 3.13. The molecule has 0 bridgehead atoms. The van der Waals surface area contributed by atoms with Crippen molar-refractivity contribution in [3.8, 4) is 16.9 Å². The highest BCUT2D eigenvalue weighted by Crippen LogP contribution is 2.25. The third kappa shape index (κ3) is 3.55. The smallest absolute Gasteiger partial charge is 0.272 e. The fourth-order valence-corrected chi connectivity index (χ4v) is 3.61. The summed E-state index contributed by atoms with van der Waals surface area (Å²) in [6.45, 7) is 4.93. The predicted octanol–water partition coefficient (Wildman–Crippen LogP) is 3.93. The summed E-state index contributed by atoms with van der Waals surface area (Å²) in [5, 5.41) is 4.56. The number of aromatic nitrogens is 2. The van der Waals surface area contributed by atoms with E-state index >= 15 is 0 Å². The van der Waals surface area contributed by atoms with E-state index in [2.05, 4.69) is 5.10 Å². The van der Waals surface area contributed by atoms with Gasteiger partial charge in [-0.05, 0) is 44.2 Å². The Morgan fingerprint density at radius 2 is 1.68 bits per heavy atom. The minimum Gasteiger partial charge on any atom is -0.372 e. The summed E-state index contributed by atoms with van der Waals surface area (Å²) in [4.78, 5) is 15.1. The van der Waals surface area contributed by atoms with Crippen LogP contribution in [0.3, 0.4) is 0 Å². The average molecular weight is 379 g/mol. The number of carbonyl (C=O) groups excluding carboxylic acids is 1. The van der Waals surface area contributed by atoms with E-state index in [-0.39, 0.29) is 23.9 Å². The molecule has 6 heteroatoms. The number of amides is 1. The first-order chi connectivity index (χ1) is 13.5. The highest BCUT2D eigenvalue weighted by atomic mass is 19.1. The van der Waals surface area contributed by atoms with Crippen molar-refractivity contribution in [1.82, 2.24) is 14.7 Å². The monoisotopic (exact) mass is 379 g/mol. The van der Waals surface area contributed by atoms with Gasteiger partial charge in [0.1, 0.15) is 11.5 Å². The lowest BCUT2D eigenvalue weighted by Crippen LogP contribution is -2.48. The SMILES string of the molecule is CC1CN(C(=O)c2cc(-c3ccccc3F)nn2-c2ccccc2)CC(C)O1. The molecular formula is C22H22FN3O2. The summed E-state index contributed by atoms with van der Waals surface area (Å²) in [6.07, 6.45) is -0.0707. The molecule has 0 spiro atoms. The fourth-order valence-electron chi connectivity index (χ4n) is 3.61. The molecule has 1 aromatic heterocycles. The van der Waals surface area contributed by atoms with Crippen molar-refractivity contribution in [3.63, 3.8) is 0 Å². The topological polar surface area (TPSA) is 47.4 Å². The summed E-state index contributed by atoms with van der Waals surface area (Å²) >= 11 is 0. The van der Waals surface area contributed by atoms with Gasteiger partial charge in [-0.1, -0.05) is 30.3 Å². The maximum atomic E-state index is 14.3. The standard InChI is InChI=1S/C22H22FN3O2/c1-15-13-25(14-16(2)28-15)22(27)21-12-20(18-10-6-7-11-19(18)23)24-26(21)17-8-4-3-5-9-17/h3-12,15-16H,13-14H2,1-2H3. The molecule has 1 aliphatic rings. The van der Waals surface area contributed by atoms with Crippen LogP contribution in [-0.2, 0) is 4.74 Å². The number of rotatable bonds is 3. The number of morpholine rings is 1. The molecule has 3 aromatic rings. The van der Waals surface area contributed by atoms with Gasteiger partial charge < -0.3 is 9.64 Å². The zero-order chi connectivity index (χ0) is 19.7. The lowest BCUT2D eigenvalue weighted by atomic mass is 10.1. The summed E-state index contributed by atoms with van der Waals surface area (Å²) in [5.41, 5.74) is 1.96. The van der Waals surface area contributed by atoms with E-state index in [1.54, 1.807) is 33.8 Å². The molecule has 1 amide bonds. The molecule has 2 heterocycles. The van der Waals surface area contributed by atoms with Crippen LogP contribution < -0.4 is 0 Å². The van der Waals surface area contributed by atoms with Gasteiger partial charge in [0.15, 0.2) is 0 Å². The van der Waals surface area contributed by atoms with Crippen LogP contribution in [0.25, 0.3) is 16.9 Å². The van der Waals surface area contributed by atoms with Gasteiger partial charge >= 0.3 is 0 Å². The van der Waals surface area contributed by atoms with Crippen LogP contribution in [-0.4, -0.2) is 45.9 Å². The van der Waals surface area contributed by atoms with Crippen molar-refractivity contribution < 1.29 is 13.9 Å². The molecule has 144 valence electrons. The number of hydrogen-bond acceptors (Lipinski definition) is 3. The lowest BCUT2D eigenvalue weighted by Gasteiger charge is -2.35. The molecule has 4 rings (SSSR count). The molecule has 0 aliphatic carbocycles. The number of halogens is 1. The van der Waals surface area contributed by atoms with Gasteiger partial charge in [0.25, 0.3) is 5.91 Å². The van der Waals surface area contributed by atoms with E-state index < -0.39 is 0 Å². The molecule has 2 unspecified atom stereocenters. The van der Waals surface area contributed by atoms with Crippen LogP contribution in [0.4, 0.5) is 4.39 Å². The molecule has 1 saturated heterocycles. The van der Waals surface area contributed by atoms with Crippen molar-refractivity contribution in [3.05, 3.63) is 72.2 Å². The van der Waals surface area contributed by atoms with Crippen LogP contribution >= 0.6 is 0 Å². The van der Waals surface area contributed by atoms with Crippen LogP contribution in [0, 0.1) is 5.82 Å². The number of carbonyl (C=O) groups is 1. The van der Waals surface area contributed by atoms with Crippen LogP contribution in [0.2, 0.25) is 0 Å². The molecule has 2 atom stereocenters. The minimum absolute atomic E-state index is 0.0353. The zero-order valence-corrected chi connectivity index (χ0v) is 15.9. The molecule has 0 saturated carbocycles. The first-order valence-corrected chi connectivity index (χ1v) is 9.38. The van der Waals surface area contributed by atoms with Gasteiger partial charge in [0, 0.05) is 18.7 Å². The molecule has 1 fully saturated rings. The van der Waals surface area contributed by atoms with Crippen molar-refractivity contribution in [2.24, 2.45) is 0 Å². The van der Waals surface area contributed by atoms with Crippen LogP contribution in [0.5, 0.6) is 0 Å². The summed E-state index contributed by atoms with van der Waals surface area (Å²) < 4.78 is 21.6. The van der Waals surface area contributed by atoms with E-state index in [1.807, 2.05) is 44.2 Å². The van der Waals surface area contributed by atoms with Crippen molar-refractivity contribution in [1.29, 1.82) is 0 Å². The molecule has 0 N–H and O–H groups in total. The Kier molecular flexibility index (Phi) is 4.96. The van der Waals surface area contributed by atoms with Crippen LogP contribution in [0.1, 0.15) is 24.3 Å². The molecule has 5 nitrogen and oxygen atoms in total. The first kappa shape index (κ1) is 18.4.